The Hall–Kier alpha value is -2.37. The first kappa shape index (κ1) is 28.2. The number of urea groups is 1. The fourth-order valence-corrected chi connectivity index (χ4v) is 5.10. The first-order valence-corrected chi connectivity index (χ1v) is 13.9. The number of nitrogens with zero attached hydrogens (tertiary/aromatic N) is 2. The van der Waals surface area contributed by atoms with Crippen LogP contribution in [0.25, 0.3) is 0 Å². The summed E-state index contributed by atoms with van der Waals surface area (Å²) in [5, 5.41) is 23.2. The monoisotopic (exact) mass is 494 g/mol. The van der Waals surface area contributed by atoms with E-state index in [4.69, 9.17) is 0 Å². The molecule has 1 aliphatic rings. The van der Waals surface area contributed by atoms with Gasteiger partial charge in [0, 0.05) is 13.1 Å². The molecule has 5 heteroatoms. The summed E-state index contributed by atoms with van der Waals surface area (Å²) in [6.07, 6.45) is 2.81. The van der Waals surface area contributed by atoms with Crippen molar-refractivity contribution in [2.45, 2.75) is 90.5 Å². The maximum atomic E-state index is 14.3. The van der Waals surface area contributed by atoms with Gasteiger partial charge in [-0.3, -0.25) is 0 Å². The highest BCUT2D eigenvalue weighted by Crippen LogP contribution is 2.29. The molecule has 36 heavy (non-hydrogen) atoms. The molecule has 0 spiro atoms. The van der Waals surface area contributed by atoms with Gasteiger partial charge in [0.1, 0.15) is 12.2 Å². The lowest BCUT2D eigenvalue weighted by Gasteiger charge is -2.36. The topological polar surface area (TPSA) is 64.0 Å². The van der Waals surface area contributed by atoms with Gasteiger partial charge in [-0.1, -0.05) is 101 Å². The maximum absolute atomic E-state index is 14.3. The van der Waals surface area contributed by atoms with Crippen molar-refractivity contribution in [2.75, 3.05) is 13.1 Å². The van der Waals surface area contributed by atoms with Gasteiger partial charge >= 0.3 is 6.03 Å². The molecule has 3 rings (SSSR count). The van der Waals surface area contributed by atoms with Gasteiger partial charge in [-0.05, 0) is 48.6 Å². The molecule has 2 N–H and O–H groups in total. The summed E-state index contributed by atoms with van der Waals surface area (Å²) >= 11 is 0. The second-order valence-corrected chi connectivity index (χ2v) is 10.8. The minimum atomic E-state index is -1.03. The molecule has 1 saturated heterocycles. The Balaban J connectivity index is 1.99. The van der Waals surface area contributed by atoms with Crippen LogP contribution in [0.2, 0.25) is 0 Å². The second-order valence-electron chi connectivity index (χ2n) is 10.8. The van der Waals surface area contributed by atoms with Crippen molar-refractivity contribution >= 4 is 6.03 Å². The van der Waals surface area contributed by atoms with E-state index in [0.29, 0.717) is 37.8 Å². The number of aliphatic hydroxyl groups is 2. The van der Waals surface area contributed by atoms with Gasteiger partial charge in [-0.25, -0.2) is 4.79 Å². The highest BCUT2D eigenvalue weighted by atomic mass is 16.3. The lowest BCUT2D eigenvalue weighted by atomic mass is 9.90. The number of benzene rings is 2. The predicted octanol–water partition coefficient (Wildman–Crippen LogP) is 5.54. The van der Waals surface area contributed by atoms with E-state index in [0.717, 1.165) is 36.8 Å². The van der Waals surface area contributed by atoms with E-state index < -0.39 is 24.3 Å². The summed E-state index contributed by atoms with van der Waals surface area (Å²) in [6.45, 7) is 9.91. The molecular weight excluding hydrogens is 448 g/mol. The molecule has 6 atom stereocenters. The fraction of sp³-hybridized carbons (Fsp3) is 0.581. The molecule has 1 fully saturated rings. The summed E-state index contributed by atoms with van der Waals surface area (Å²) in [5.74, 6) is 0.961. The standard InChI is InChI=1S/C31H46N2O3/c1-5-23(3)17-19-32-27(21-25-13-9-7-10-14-25)29(34)30(35)28(22-26-15-11-8-12-16-26)33(31(32)36)20-18-24(4)6-2/h7-16,23-24,27-30,34-35H,5-6,17-22H2,1-4H3/t23?,24?,27-,28-,29+,30+/m1/s1. The highest BCUT2D eigenvalue weighted by Gasteiger charge is 2.46. The van der Waals surface area contributed by atoms with E-state index in [1.807, 2.05) is 70.5 Å². The van der Waals surface area contributed by atoms with Crippen LogP contribution >= 0.6 is 0 Å². The summed E-state index contributed by atoms with van der Waals surface area (Å²) in [4.78, 5) is 18.0. The van der Waals surface area contributed by atoms with Gasteiger partial charge < -0.3 is 20.0 Å². The molecule has 1 aliphatic heterocycles. The van der Waals surface area contributed by atoms with Crippen LogP contribution in [0.4, 0.5) is 4.79 Å². The van der Waals surface area contributed by atoms with E-state index in [-0.39, 0.29) is 6.03 Å². The summed E-state index contributed by atoms with van der Waals surface area (Å²) < 4.78 is 0. The summed E-state index contributed by atoms with van der Waals surface area (Å²) in [7, 11) is 0. The number of hydrogen-bond acceptors (Lipinski definition) is 3. The van der Waals surface area contributed by atoms with Gasteiger partial charge in [0.05, 0.1) is 12.1 Å². The van der Waals surface area contributed by atoms with E-state index in [9.17, 15) is 15.0 Å². The first-order valence-electron chi connectivity index (χ1n) is 13.9. The lowest BCUT2D eigenvalue weighted by Crippen LogP contribution is -2.51. The number of rotatable bonds is 12. The number of hydrogen-bond donors (Lipinski definition) is 2. The maximum Gasteiger partial charge on any atom is 0.320 e. The lowest BCUT2D eigenvalue weighted by molar-refractivity contribution is -0.0400. The van der Waals surface area contributed by atoms with Gasteiger partial charge in [0.25, 0.3) is 0 Å². The van der Waals surface area contributed by atoms with Crippen LogP contribution in [0.3, 0.4) is 0 Å². The average molecular weight is 495 g/mol. The molecule has 5 nitrogen and oxygen atoms in total. The van der Waals surface area contributed by atoms with Crippen LogP contribution in [0.1, 0.15) is 64.5 Å². The number of carbonyl (C=O) groups excluding carboxylic acids is 1. The zero-order chi connectivity index (χ0) is 26.1. The van der Waals surface area contributed by atoms with Gasteiger partial charge in [0.15, 0.2) is 0 Å². The molecule has 0 aromatic heterocycles. The average Bonchev–Trinajstić information content (AvgIpc) is 2.97. The van der Waals surface area contributed by atoms with Gasteiger partial charge in [-0.15, -0.1) is 0 Å². The van der Waals surface area contributed by atoms with Crippen molar-refractivity contribution < 1.29 is 15.0 Å². The van der Waals surface area contributed by atoms with E-state index in [2.05, 4.69) is 27.7 Å². The van der Waals surface area contributed by atoms with Crippen LogP contribution < -0.4 is 0 Å². The Morgan fingerprint density at radius 2 is 1.06 bits per heavy atom. The van der Waals surface area contributed by atoms with Gasteiger partial charge in [0.2, 0.25) is 0 Å². The van der Waals surface area contributed by atoms with Crippen molar-refractivity contribution in [1.29, 1.82) is 0 Å². The molecule has 2 unspecified atom stereocenters. The van der Waals surface area contributed by atoms with Crippen LogP contribution in [-0.2, 0) is 12.8 Å². The Morgan fingerprint density at radius 1 is 0.694 bits per heavy atom. The Bertz CT molecular complexity index is 833. The highest BCUT2D eigenvalue weighted by molar-refractivity contribution is 5.76. The smallest absolute Gasteiger partial charge is 0.320 e. The molecule has 0 radical (unpaired) electrons. The summed E-state index contributed by atoms with van der Waals surface area (Å²) in [5.41, 5.74) is 2.12. The van der Waals surface area contributed by atoms with Crippen molar-refractivity contribution in [3.05, 3.63) is 71.8 Å². The van der Waals surface area contributed by atoms with Crippen LogP contribution in [0.5, 0.6) is 0 Å². The fourth-order valence-electron chi connectivity index (χ4n) is 5.10. The second kappa shape index (κ2) is 13.8. The minimum absolute atomic E-state index is 0.0564. The zero-order valence-electron chi connectivity index (χ0n) is 22.6. The first-order chi connectivity index (χ1) is 17.3. The van der Waals surface area contributed by atoms with E-state index in [1.54, 1.807) is 0 Å². The molecule has 2 amide bonds. The quantitative estimate of drug-likeness (QED) is 0.407. The van der Waals surface area contributed by atoms with Crippen LogP contribution in [0.15, 0.2) is 60.7 Å². The summed E-state index contributed by atoms with van der Waals surface area (Å²) in [6, 6.07) is 19.0. The molecule has 0 bridgehead atoms. The van der Waals surface area contributed by atoms with Crippen molar-refractivity contribution in [3.8, 4) is 0 Å². The van der Waals surface area contributed by atoms with Crippen molar-refractivity contribution in [2.24, 2.45) is 11.8 Å². The molecule has 0 aliphatic carbocycles. The van der Waals surface area contributed by atoms with E-state index in [1.165, 1.54) is 0 Å². The molecule has 1 heterocycles. The molecule has 2 aromatic rings. The molecule has 2 aromatic carbocycles. The Labute approximate surface area is 218 Å². The van der Waals surface area contributed by atoms with Crippen molar-refractivity contribution in [1.82, 2.24) is 9.80 Å². The third-order valence-electron chi connectivity index (χ3n) is 8.13. The Morgan fingerprint density at radius 3 is 1.39 bits per heavy atom. The normalized spacial score (nSPS) is 24.4. The zero-order valence-corrected chi connectivity index (χ0v) is 22.6. The molecular formula is C31H46N2O3. The molecule has 0 saturated carbocycles. The van der Waals surface area contributed by atoms with Gasteiger partial charge in [-0.2, -0.15) is 0 Å². The van der Waals surface area contributed by atoms with E-state index >= 15 is 0 Å². The SMILES string of the molecule is CCC(C)CCN1C(=O)N(CCC(C)CC)[C@H](Cc2ccccc2)[C@H](O)[C@@H](O)[C@H]1Cc1ccccc1. The number of amides is 2. The third kappa shape index (κ3) is 7.33. The largest absolute Gasteiger partial charge is 0.388 e. The van der Waals surface area contributed by atoms with Crippen LogP contribution in [0, 0.1) is 11.8 Å². The number of carbonyl (C=O) groups is 1. The predicted molar refractivity (Wildman–Crippen MR) is 147 cm³/mol. The van der Waals surface area contributed by atoms with Crippen molar-refractivity contribution in [3.63, 3.8) is 0 Å². The third-order valence-corrected chi connectivity index (χ3v) is 8.13. The molecule has 198 valence electrons. The Kier molecular flexibility index (Phi) is 10.8. The number of aliphatic hydroxyl groups excluding tert-OH is 2. The van der Waals surface area contributed by atoms with Crippen LogP contribution in [-0.4, -0.2) is 63.4 Å². The minimum Gasteiger partial charge on any atom is -0.388 e.